The Morgan fingerprint density at radius 3 is 2.47 bits per heavy atom. The van der Waals surface area contributed by atoms with Crippen LogP contribution in [-0.4, -0.2) is 9.97 Å². The Morgan fingerprint density at radius 2 is 1.82 bits per heavy atom. The highest BCUT2D eigenvalue weighted by molar-refractivity contribution is 5.52. The van der Waals surface area contributed by atoms with Crippen LogP contribution in [0.4, 0.5) is 11.8 Å². The van der Waals surface area contributed by atoms with E-state index in [0.717, 1.165) is 24.5 Å². The van der Waals surface area contributed by atoms with E-state index in [4.69, 9.17) is 5.73 Å². The van der Waals surface area contributed by atoms with Gasteiger partial charge in [-0.25, -0.2) is 4.98 Å². The third-order valence-electron chi connectivity index (χ3n) is 3.10. The summed E-state index contributed by atoms with van der Waals surface area (Å²) in [5.74, 6) is 1.27. The minimum absolute atomic E-state index is 0.335. The lowest BCUT2D eigenvalue weighted by molar-refractivity contribution is 0.846. The highest BCUT2D eigenvalue weighted by Crippen LogP contribution is 2.28. The zero-order chi connectivity index (χ0) is 11.8. The number of hydrogen-bond acceptors (Lipinski definition) is 4. The van der Waals surface area contributed by atoms with Gasteiger partial charge in [0, 0.05) is 24.8 Å². The zero-order valence-electron chi connectivity index (χ0n) is 9.72. The van der Waals surface area contributed by atoms with Gasteiger partial charge in [0.05, 0.1) is 0 Å². The van der Waals surface area contributed by atoms with E-state index in [2.05, 4.69) is 39.1 Å². The van der Waals surface area contributed by atoms with Gasteiger partial charge in [-0.3, -0.25) is 0 Å². The Bertz CT molecular complexity index is 540. The lowest BCUT2D eigenvalue weighted by Gasteiger charge is -2.18. The van der Waals surface area contributed by atoms with Crippen molar-refractivity contribution >= 4 is 11.8 Å². The Morgan fingerprint density at radius 1 is 1.18 bits per heavy atom. The maximum atomic E-state index is 5.65. The average molecular weight is 226 g/mol. The first-order chi connectivity index (χ1) is 8.24. The van der Waals surface area contributed by atoms with E-state index >= 15 is 0 Å². The van der Waals surface area contributed by atoms with Crippen molar-refractivity contribution < 1.29 is 0 Å². The molecule has 0 saturated heterocycles. The fourth-order valence-corrected chi connectivity index (χ4v) is 2.25. The molecule has 1 aromatic heterocycles. The Kier molecular flexibility index (Phi) is 2.21. The maximum absolute atomic E-state index is 5.65. The third kappa shape index (κ3) is 1.71. The lowest BCUT2D eigenvalue weighted by Crippen LogP contribution is -2.18. The van der Waals surface area contributed by atoms with Crippen LogP contribution in [0.5, 0.6) is 0 Å². The highest BCUT2D eigenvalue weighted by Gasteiger charge is 2.21. The topological polar surface area (TPSA) is 55.0 Å². The Labute approximate surface area is 100 Å². The van der Waals surface area contributed by atoms with Crippen molar-refractivity contribution in [2.45, 2.75) is 20.0 Å². The van der Waals surface area contributed by atoms with Crippen LogP contribution < -0.4 is 10.6 Å². The van der Waals surface area contributed by atoms with Gasteiger partial charge in [-0.05, 0) is 18.1 Å². The number of nitrogens with zero attached hydrogens (tertiary/aromatic N) is 3. The zero-order valence-corrected chi connectivity index (χ0v) is 9.72. The van der Waals surface area contributed by atoms with E-state index in [9.17, 15) is 0 Å². The summed E-state index contributed by atoms with van der Waals surface area (Å²) < 4.78 is 0. The van der Waals surface area contributed by atoms with E-state index in [1.807, 2.05) is 6.92 Å². The summed E-state index contributed by atoms with van der Waals surface area (Å²) in [7, 11) is 0. The van der Waals surface area contributed by atoms with Crippen molar-refractivity contribution in [2.75, 3.05) is 10.6 Å². The second-order valence-corrected chi connectivity index (χ2v) is 4.36. The van der Waals surface area contributed by atoms with Crippen LogP contribution in [0.1, 0.15) is 16.7 Å². The van der Waals surface area contributed by atoms with E-state index in [1.165, 1.54) is 11.1 Å². The molecule has 1 aliphatic heterocycles. The molecular formula is C13H14N4. The van der Waals surface area contributed by atoms with Crippen LogP contribution in [0.3, 0.4) is 0 Å². The van der Waals surface area contributed by atoms with Gasteiger partial charge in [0.15, 0.2) is 0 Å². The lowest BCUT2D eigenvalue weighted by atomic mass is 10.1. The van der Waals surface area contributed by atoms with Crippen LogP contribution >= 0.6 is 0 Å². The van der Waals surface area contributed by atoms with Crippen LogP contribution in [0.2, 0.25) is 0 Å². The van der Waals surface area contributed by atoms with Gasteiger partial charge in [-0.2, -0.15) is 4.98 Å². The predicted octanol–water partition coefficient (Wildman–Crippen LogP) is 1.89. The number of aryl methyl sites for hydroxylation is 1. The molecule has 86 valence electrons. The Hall–Kier alpha value is -2.10. The molecule has 0 saturated carbocycles. The van der Waals surface area contributed by atoms with Crippen LogP contribution in [0, 0.1) is 6.92 Å². The van der Waals surface area contributed by atoms with Gasteiger partial charge in [0.1, 0.15) is 5.82 Å². The van der Waals surface area contributed by atoms with E-state index in [1.54, 1.807) is 6.20 Å². The molecule has 2 heterocycles. The van der Waals surface area contributed by atoms with Crippen LogP contribution in [0.25, 0.3) is 0 Å². The number of nitrogen functional groups attached to an aromatic ring is 1. The summed E-state index contributed by atoms with van der Waals surface area (Å²) in [5, 5.41) is 0. The molecular weight excluding hydrogens is 212 g/mol. The van der Waals surface area contributed by atoms with Crippen molar-refractivity contribution in [1.82, 2.24) is 9.97 Å². The number of nitrogens with two attached hydrogens (primary N) is 1. The molecule has 3 rings (SSSR count). The average Bonchev–Trinajstić information content (AvgIpc) is 2.75. The number of aromatic nitrogens is 2. The molecule has 4 heteroatoms. The molecule has 0 fully saturated rings. The molecule has 0 spiro atoms. The second kappa shape index (κ2) is 3.73. The van der Waals surface area contributed by atoms with Gasteiger partial charge >= 0.3 is 0 Å². The predicted molar refractivity (Wildman–Crippen MR) is 67.5 cm³/mol. The largest absolute Gasteiger partial charge is 0.368 e. The smallest absolute Gasteiger partial charge is 0.221 e. The molecule has 0 amide bonds. The van der Waals surface area contributed by atoms with E-state index < -0.39 is 0 Å². The molecule has 1 aromatic carbocycles. The molecule has 0 aliphatic carbocycles. The molecule has 4 nitrogen and oxygen atoms in total. The molecule has 0 atom stereocenters. The SMILES string of the molecule is Cc1cnc(N)nc1N1Cc2ccccc2C1. The molecule has 17 heavy (non-hydrogen) atoms. The number of fused-ring (bicyclic) bond motifs is 1. The molecule has 2 N–H and O–H groups in total. The van der Waals surface area contributed by atoms with Crippen LogP contribution in [0.15, 0.2) is 30.5 Å². The normalized spacial score (nSPS) is 13.8. The second-order valence-electron chi connectivity index (χ2n) is 4.36. The number of hydrogen-bond donors (Lipinski definition) is 1. The van der Waals surface area contributed by atoms with E-state index in [-0.39, 0.29) is 0 Å². The summed E-state index contributed by atoms with van der Waals surface area (Å²) in [6.45, 7) is 3.80. The number of rotatable bonds is 1. The quantitative estimate of drug-likeness (QED) is 0.806. The van der Waals surface area contributed by atoms with Gasteiger partial charge in [0.25, 0.3) is 0 Å². The van der Waals surface area contributed by atoms with Crippen molar-refractivity contribution in [2.24, 2.45) is 0 Å². The van der Waals surface area contributed by atoms with Crippen molar-refractivity contribution in [3.8, 4) is 0 Å². The summed E-state index contributed by atoms with van der Waals surface area (Å²) in [4.78, 5) is 10.6. The first-order valence-electron chi connectivity index (χ1n) is 5.65. The van der Waals surface area contributed by atoms with E-state index in [0.29, 0.717) is 5.95 Å². The fraction of sp³-hybridized carbons (Fsp3) is 0.231. The monoisotopic (exact) mass is 226 g/mol. The summed E-state index contributed by atoms with van der Waals surface area (Å²) in [6, 6.07) is 8.47. The standard InChI is InChI=1S/C13H14N4/c1-9-6-15-13(14)16-12(9)17-7-10-4-2-3-5-11(10)8-17/h2-6H,7-8H2,1H3,(H2,14,15,16). The van der Waals surface area contributed by atoms with Gasteiger partial charge in [-0.1, -0.05) is 24.3 Å². The Balaban J connectivity index is 1.96. The maximum Gasteiger partial charge on any atom is 0.221 e. The minimum Gasteiger partial charge on any atom is -0.368 e. The molecule has 0 unspecified atom stereocenters. The van der Waals surface area contributed by atoms with Crippen molar-refractivity contribution in [3.63, 3.8) is 0 Å². The number of benzene rings is 1. The van der Waals surface area contributed by atoms with Gasteiger partial charge in [0.2, 0.25) is 5.95 Å². The van der Waals surface area contributed by atoms with Crippen molar-refractivity contribution in [3.05, 3.63) is 47.2 Å². The third-order valence-corrected chi connectivity index (χ3v) is 3.10. The molecule has 0 radical (unpaired) electrons. The summed E-state index contributed by atoms with van der Waals surface area (Å²) in [6.07, 6.45) is 1.78. The number of anilines is 2. The van der Waals surface area contributed by atoms with Crippen molar-refractivity contribution in [1.29, 1.82) is 0 Å². The first kappa shape index (κ1) is 10.1. The summed E-state index contributed by atoms with van der Waals surface area (Å²) >= 11 is 0. The fourth-order valence-electron chi connectivity index (χ4n) is 2.25. The highest BCUT2D eigenvalue weighted by atomic mass is 15.2. The van der Waals surface area contributed by atoms with Crippen LogP contribution in [-0.2, 0) is 13.1 Å². The first-order valence-corrected chi connectivity index (χ1v) is 5.65. The molecule has 1 aliphatic rings. The van der Waals surface area contributed by atoms with Gasteiger partial charge in [-0.15, -0.1) is 0 Å². The minimum atomic E-state index is 0.335. The molecule has 0 bridgehead atoms. The summed E-state index contributed by atoms with van der Waals surface area (Å²) in [5.41, 5.74) is 9.44. The molecule has 2 aromatic rings. The van der Waals surface area contributed by atoms with Gasteiger partial charge < -0.3 is 10.6 Å².